The van der Waals surface area contributed by atoms with Gasteiger partial charge in [0.05, 0.1) is 11.5 Å². The second kappa shape index (κ2) is 4.85. The van der Waals surface area contributed by atoms with Crippen molar-refractivity contribution in [3.8, 4) is 6.07 Å². The third kappa shape index (κ3) is 1.63. The van der Waals surface area contributed by atoms with E-state index in [0.717, 1.165) is 0 Å². The van der Waals surface area contributed by atoms with E-state index in [1.165, 1.54) is 0 Å². The lowest BCUT2D eigenvalue weighted by Crippen LogP contribution is -2.59. The zero-order valence-electron chi connectivity index (χ0n) is 16.1. The molecular weight excluding hydrogens is 378 g/mol. The molecule has 4 saturated carbocycles. The minimum absolute atomic E-state index is 0.315. The third-order valence-electron chi connectivity index (χ3n) is 9.12. The average molecular weight is 401 g/mol. The molecule has 1 spiro atoms. The van der Waals surface area contributed by atoms with Gasteiger partial charge < -0.3 is 24.4 Å². The maximum absolute atomic E-state index is 13.3. The van der Waals surface area contributed by atoms with Crippen molar-refractivity contribution in [2.75, 3.05) is 6.61 Å². The van der Waals surface area contributed by atoms with Crippen LogP contribution < -0.4 is 0 Å². The van der Waals surface area contributed by atoms with Crippen molar-refractivity contribution in [2.45, 2.75) is 62.1 Å². The summed E-state index contributed by atoms with van der Waals surface area (Å²) in [5.74, 6) is -2.76. The lowest BCUT2D eigenvalue weighted by atomic mass is 9.59. The fraction of sp³-hybridized carbons (Fsp3) is 0.762. The molecule has 0 radical (unpaired) electrons. The molecule has 8 nitrogen and oxygen atoms in total. The molecule has 6 aliphatic rings. The first-order chi connectivity index (χ1) is 13.7. The average Bonchev–Trinajstić information content (AvgIpc) is 3.36. The Balaban J connectivity index is 1.58. The summed E-state index contributed by atoms with van der Waals surface area (Å²) in [5.41, 5.74) is -3.43. The summed E-state index contributed by atoms with van der Waals surface area (Å²) in [7, 11) is 0. The summed E-state index contributed by atoms with van der Waals surface area (Å²) in [6.45, 7) is 5.45. The molecule has 0 aromatic rings. The third-order valence-corrected chi connectivity index (χ3v) is 9.12. The number of carbonyl (C=O) groups excluding carboxylic acids is 2. The molecule has 4 bridgehead atoms. The summed E-state index contributed by atoms with van der Waals surface area (Å²) in [5, 5.41) is 31.3. The number of fused-ring (bicyclic) bond motifs is 3. The standard InChI is InChI=1S/C21H23NO7/c1-9-7-19-8-20(9,26)4-3-10(19)21-13(11(19)16(24)27-6-5-22)18(2,17(25)29-21)15-12(28-15)14(21)23/h10-15,23,26H,1,3-4,6-8H2,2H3/t10-,11-,12+,13-,14+,15+,18-,19+,20+,21-/m1/s1. The topological polar surface area (TPSA) is 129 Å². The number of carbonyl (C=O) groups is 2. The van der Waals surface area contributed by atoms with Gasteiger partial charge in [0.25, 0.3) is 0 Å². The Morgan fingerprint density at radius 2 is 2.24 bits per heavy atom. The Kier molecular flexibility index (Phi) is 2.99. The van der Waals surface area contributed by atoms with Gasteiger partial charge >= 0.3 is 11.9 Å². The Hall–Kier alpha value is -1.95. The van der Waals surface area contributed by atoms with Crippen molar-refractivity contribution in [1.82, 2.24) is 0 Å². The first-order valence-corrected chi connectivity index (χ1v) is 10.2. The van der Waals surface area contributed by atoms with E-state index in [1.54, 1.807) is 6.92 Å². The number of epoxide rings is 1. The van der Waals surface area contributed by atoms with Crippen LogP contribution in [0.2, 0.25) is 0 Å². The van der Waals surface area contributed by atoms with Crippen LogP contribution in [0, 0.1) is 39.9 Å². The van der Waals surface area contributed by atoms with Crippen LogP contribution in [0.4, 0.5) is 0 Å². The highest BCUT2D eigenvalue weighted by Gasteiger charge is 2.90. The zero-order chi connectivity index (χ0) is 20.6. The largest absolute Gasteiger partial charge is 0.455 e. The Labute approximate surface area is 167 Å². The Morgan fingerprint density at radius 1 is 1.48 bits per heavy atom. The van der Waals surface area contributed by atoms with E-state index in [-0.39, 0.29) is 5.92 Å². The molecule has 2 saturated heterocycles. The van der Waals surface area contributed by atoms with Gasteiger partial charge in [-0.05, 0) is 43.6 Å². The maximum atomic E-state index is 13.3. The number of nitriles is 1. The van der Waals surface area contributed by atoms with Crippen molar-refractivity contribution in [3.05, 3.63) is 12.2 Å². The SMILES string of the molecule is C=C1C[C@]23C[C@@]1(O)CC[C@H]2[C@@]12OC(=O)[C@](C)([C@H]1[C@@H]3C(=O)OCC#N)[C@H]1O[C@H]1[C@@H]2O. The van der Waals surface area contributed by atoms with Crippen LogP contribution in [0.1, 0.15) is 32.6 Å². The van der Waals surface area contributed by atoms with E-state index in [9.17, 15) is 19.8 Å². The molecule has 0 aromatic carbocycles. The molecule has 6 fully saturated rings. The molecule has 2 heterocycles. The molecule has 6 rings (SSSR count). The number of nitrogens with zero attached hydrogens (tertiary/aromatic N) is 1. The second-order valence-corrected chi connectivity index (χ2v) is 10.0. The van der Waals surface area contributed by atoms with Crippen molar-refractivity contribution in [3.63, 3.8) is 0 Å². The molecule has 0 aromatic heterocycles. The van der Waals surface area contributed by atoms with Crippen LogP contribution in [0.5, 0.6) is 0 Å². The number of ether oxygens (including phenoxy) is 3. The van der Waals surface area contributed by atoms with E-state index >= 15 is 0 Å². The van der Waals surface area contributed by atoms with Gasteiger partial charge in [0.1, 0.15) is 35.4 Å². The molecule has 10 atom stereocenters. The van der Waals surface area contributed by atoms with E-state index in [1.807, 2.05) is 6.07 Å². The number of hydrogen-bond acceptors (Lipinski definition) is 8. The number of aliphatic hydroxyl groups excluding tert-OH is 1. The van der Waals surface area contributed by atoms with Gasteiger partial charge in [-0.3, -0.25) is 9.59 Å². The van der Waals surface area contributed by atoms with Crippen LogP contribution in [-0.2, 0) is 23.8 Å². The van der Waals surface area contributed by atoms with Crippen molar-refractivity contribution in [1.29, 1.82) is 5.26 Å². The lowest BCUT2D eigenvalue weighted by Gasteiger charge is -2.46. The Bertz CT molecular complexity index is 926. The predicted octanol–water partition coefficient (Wildman–Crippen LogP) is 0.220. The second-order valence-electron chi connectivity index (χ2n) is 10.0. The summed E-state index contributed by atoms with van der Waals surface area (Å²) < 4.78 is 17.0. The first-order valence-electron chi connectivity index (χ1n) is 10.2. The minimum atomic E-state index is -1.24. The van der Waals surface area contributed by atoms with Crippen LogP contribution in [-0.4, -0.2) is 58.3 Å². The van der Waals surface area contributed by atoms with Gasteiger partial charge in [0.15, 0.2) is 6.61 Å². The summed E-state index contributed by atoms with van der Waals surface area (Å²) in [4.78, 5) is 26.4. The highest BCUT2D eigenvalue weighted by Crippen LogP contribution is 2.80. The quantitative estimate of drug-likeness (QED) is 0.382. The van der Waals surface area contributed by atoms with Gasteiger partial charge in [-0.2, -0.15) is 5.26 Å². The molecule has 0 unspecified atom stereocenters. The lowest BCUT2D eigenvalue weighted by molar-refractivity contribution is -0.180. The normalized spacial score (nSPS) is 58.0. The summed E-state index contributed by atoms with van der Waals surface area (Å²) in [6, 6.07) is 1.82. The highest BCUT2D eigenvalue weighted by atomic mass is 16.6. The smallest absolute Gasteiger partial charge is 0.315 e. The molecular formula is C21H23NO7. The number of esters is 2. The number of hydrogen-bond donors (Lipinski definition) is 2. The summed E-state index contributed by atoms with van der Waals surface area (Å²) in [6.07, 6.45) is -0.335. The Morgan fingerprint density at radius 3 is 2.97 bits per heavy atom. The maximum Gasteiger partial charge on any atom is 0.315 e. The van der Waals surface area contributed by atoms with Crippen LogP contribution in [0.3, 0.4) is 0 Å². The van der Waals surface area contributed by atoms with E-state index in [0.29, 0.717) is 31.3 Å². The fourth-order valence-electron chi connectivity index (χ4n) is 8.15. The molecule has 4 aliphatic carbocycles. The molecule has 2 N–H and O–H groups in total. The highest BCUT2D eigenvalue weighted by molar-refractivity contribution is 5.87. The van der Waals surface area contributed by atoms with Crippen LogP contribution >= 0.6 is 0 Å². The van der Waals surface area contributed by atoms with Gasteiger partial charge in [0, 0.05) is 11.8 Å². The molecule has 0 amide bonds. The van der Waals surface area contributed by atoms with Crippen molar-refractivity contribution in [2.24, 2.45) is 28.6 Å². The van der Waals surface area contributed by atoms with Gasteiger partial charge in [0.2, 0.25) is 0 Å². The number of aliphatic hydroxyl groups is 2. The van der Waals surface area contributed by atoms with Crippen LogP contribution in [0.25, 0.3) is 0 Å². The molecule has 8 heteroatoms. The zero-order valence-corrected chi connectivity index (χ0v) is 16.1. The number of rotatable bonds is 2. The van der Waals surface area contributed by atoms with E-state index in [4.69, 9.17) is 19.5 Å². The van der Waals surface area contributed by atoms with Crippen molar-refractivity contribution >= 4 is 11.9 Å². The minimum Gasteiger partial charge on any atom is -0.455 e. The summed E-state index contributed by atoms with van der Waals surface area (Å²) >= 11 is 0. The monoisotopic (exact) mass is 401 g/mol. The molecule has 2 aliphatic heterocycles. The van der Waals surface area contributed by atoms with Gasteiger partial charge in [-0.25, -0.2) is 0 Å². The van der Waals surface area contributed by atoms with E-state index < -0.39 is 70.7 Å². The fourth-order valence-corrected chi connectivity index (χ4v) is 8.15. The molecule has 154 valence electrons. The molecule has 29 heavy (non-hydrogen) atoms. The van der Waals surface area contributed by atoms with Gasteiger partial charge in [-0.1, -0.05) is 6.58 Å². The van der Waals surface area contributed by atoms with E-state index in [2.05, 4.69) is 6.58 Å². The first kappa shape index (κ1) is 17.9. The van der Waals surface area contributed by atoms with Crippen molar-refractivity contribution < 1.29 is 34.0 Å². The van der Waals surface area contributed by atoms with Gasteiger partial charge in [-0.15, -0.1) is 0 Å². The van der Waals surface area contributed by atoms with Crippen LogP contribution in [0.15, 0.2) is 12.2 Å². The predicted molar refractivity (Wildman–Crippen MR) is 93.6 cm³/mol.